The summed E-state index contributed by atoms with van der Waals surface area (Å²) in [5.74, 6) is 1.37. The molecule has 7 nitrogen and oxygen atoms in total. The Bertz CT molecular complexity index is 1040. The van der Waals surface area contributed by atoms with Crippen LogP contribution in [0.25, 0.3) is 17.0 Å². The summed E-state index contributed by atoms with van der Waals surface area (Å²) in [6, 6.07) is 8.15. The van der Waals surface area contributed by atoms with Crippen molar-refractivity contribution in [2.45, 2.75) is 25.3 Å². The quantitative estimate of drug-likeness (QED) is 0.545. The third-order valence-electron chi connectivity index (χ3n) is 5.31. The summed E-state index contributed by atoms with van der Waals surface area (Å²) in [6.07, 6.45) is 3.96. The van der Waals surface area contributed by atoms with Gasteiger partial charge in [-0.25, -0.2) is 0 Å². The number of hydrogen-bond acceptors (Lipinski definition) is 6. The first-order valence-electron chi connectivity index (χ1n) is 9.22. The molecule has 0 aliphatic carbocycles. The van der Waals surface area contributed by atoms with Gasteiger partial charge in [-0.15, -0.1) is 10.2 Å². The number of rotatable bonds is 4. The highest BCUT2D eigenvalue weighted by Crippen LogP contribution is 2.28. The Morgan fingerprint density at radius 3 is 2.74 bits per heavy atom. The second-order valence-electron chi connectivity index (χ2n) is 7.07. The zero-order valence-corrected chi connectivity index (χ0v) is 16.0. The number of aryl methyl sites for hydroxylation is 1. The Morgan fingerprint density at radius 1 is 1.11 bits per heavy atom. The molecule has 1 aliphatic heterocycles. The molecule has 1 fully saturated rings. The molecule has 5 rings (SSSR count). The van der Waals surface area contributed by atoms with Crippen LogP contribution in [0.4, 0.5) is 0 Å². The second kappa shape index (κ2) is 6.86. The van der Waals surface area contributed by atoms with E-state index in [1.165, 1.54) is 5.56 Å². The molecule has 4 aromatic rings. The van der Waals surface area contributed by atoms with E-state index < -0.39 is 0 Å². The van der Waals surface area contributed by atoms with Crippen molar-refractivity contribution >= 4 is 17.0 Å². The maximum atomic E-state index is 4.81. The predicted octanol–water partition coefficient (Wildman–Crippen LogP) is 2.97. The molecule has 8 heteroatoms. The number of thiophene rings is 1. The van der Waals surface area contributed by atoms with Gasteiger partial charge in [0.2, 0.25) is 0 Å². The predicted molar refractivity (Wildman–Crippen MR) is 105 cm³/mol. The first-order chi connectivity index (χ1) is 13.3. The van der Waals surface area contributed by atoms with E-state index in [9.17, 15) is 0 Å². The van der Waals surface area contributed by atoms with Crippen molar-refractivity contribution in [3.63, 3.8) is 0 Å². The summed E-state index contributed by atoms with van der Waals surface area (Å²) in [7, 11) is 1.93. The van der Waals surface area contributed by atoms with E-state index in [0.717, 1.165) is 55.3 Å². The Balaban J connectivity index is 1.37. The monoisotopic (exact) mass is 379 g/mol. The molecule has 138 valence electrons. The summed E-state index contributed by atoms with van der Waals surface area (Å²) >= 11 is 1.77. The number of piperidine rings is 1. The first-order valence-corrected chi connectivity index (χ1v) is 10.2. The largest absolute Gasteiger partial charge is 0.299 e. The maximum Gasteiger partial charge on any atom is 0.177 e. The molecule has 0 spiro atoms. The highest BCUT2D eigenvalue weighted by Gasteiger charge is 2.25. The average molecular weight is 379 g/mol. The Kier molecular flexibility index (Phi) is 4.21. The number of likely N-dealkylation sites (tertiary alicyclic amines) is 1. The third-order valence-corrected chi connectivity index (χ3v) is 6.04. The number of hydrogen-bond donors (Lipinski definition) is 0. The van der Waals surface area contributed by atoms with Crippen LogP contribution in [0.2, 0.25) is 0 Å². The highest BCUT2D eigenvalue weighted by atomic mass is 32.1. The standard InChI is InChI=1S/C19H21N7S/c1-24-17(4-8-20-24)16-2-3-18-21-22-19(26(18)23-16)15-5-9-25(10-6-15)12-14-7-11-27-13-14/h2-4,7-8,11,13,15H,5-6,9-10,12H2,1H3. The fourth-order valence-electron chi connectivity index (χ4n) is 3.81. The molecule has 27 heavy (non-hydrogen) atoms. The molecule has 0 radical (unpaired) electrons. The Morgan fingerprint density at radius 2 is 2.00 bits per heavy atom. The lowest BCUT2D eigenvalue weighted by atomic mass is 9.96. The zero-order valence-electron chi connectivity index (χ0n) is 15.2. The van der Waals surface area contributed by atoms with Gasteiger partial charge in [0.05, 0.1) is 5.69 Å². The van der Waals surface area contributed by atoms with E-state index in [4.69, 9.17) is 5.10 Å². The van der Waals surface area contributed by atoms with Gasteiger partial charge in [-0.1, -0.05) is 0 Å². The molecule has 5 heterocycles. The molecule has 1 aliphatic rings. The van der Waals surface area contributed by atoms with Crippen LogP contribution in [0.5, 0.6) is 0 Å². The summed E-state index contributed by atoms with van der Waals surface area (Å²) in [5, 5.41) is 22.3. The number of nitrogens with zero attached hydrogens (tertiary/aromatic N) is 7. The number of fused-ring (bicyclic) bond motifs is 1. The summed E-state index contributed by atoms with van der Waals surface area (Å²) in [6.45, 7) is 3.20. The van der Waals surface area contributed by atoms with Crippen molar-refractivity contribution < 1.29 is 0 Å². The fraction of sp³-hybridized carbons (Fsp3) is 0.368. The van der Waals surface area contributed by atoms with Gasteiger partial charge in [0.15, 0.2) is 11.5 Å². The molecule has 0 aromatic carbocycles. The van der Waals surface area contributed by atoms with Crippen LogP contribution in [0.1, 0.15) is 30.1 Å². The van der Waals surface area contributed by atoms with Crippen molar-refractivity contribution in [2.75, 3.05) is 13.1 Å². The molecule has 0 amide bonds. The van der Waals surface area contributed by atoms with Crippen LogP contribution < -0.4 is 0 Å². The number of aromatic nitrogens is 6. The molecule has 0 N–H and O–H groups in total. The summed E-state index contributed by atoms with van der Waals surface area (Å²) in [5.41, 5.74) is 4.09. The van der Waals surface area contributed by atoms with Crippen LogP contribution in [0, 0.1) is 0 Å². The second-order valence-corrected chi connectivity index (χ2v) is 7.85. The van der Waals surface area contributed by atoms with Crippen LogP contribution in [-0.4, -0.2) is 47.6 Å². The van der Waals surface area contributed by atoms with Crippen molar-refractivity contribution in [1.82, 2.24) is 34.5 Å². The normalized spacial score (nSPS) is 16.3. The maximum absolute atomic E-state index is 4.81. The first kappa shape index (κ1) is 16.6. The van der Waals surface area contributed by atoms with E-state index in [2.05, 4.69) is 37.0 Å². The fourth-order valence-corrected chi connectivity index (χ4v) is 4.47. The molecule has 0 unspecified atom stereocenters. The van der Waals surface area contributed by atoms with E-state index in [0.29, 0.717) is 5.92 Å². The van der Waals surface area contributed by atoms with E-state index in [1.807, 2.05) is 34.4 Å². The van der Waals surface area contributed by atoms with E-state index in [1.54, 1.807) is 17.5 Å². The molecular weight excluding hydrogens is 358 g/mol. The SMILES string of the molecule is Cn1nccc1-c1ccc2nnc(C3CCN(Cc4ccsc4)CC3)n2n1. The summed E-state index contributed by atoms with van der Waals surface area (Å²) < 4.78 is 3.75. The highest BCUT2D eigenvalue weighted by molar-refractivity contribution is 7.07. The smallest absolute Gasteiger partial charge is 0.177 e. The van der Waals surface area contributed by atoms with Crippen molar-refractivity contribution in [3.8, 4) is 11.4 Å². The minimum Gasteiger partial charge on any atom is -0.299 e. The van der Waals surface area contributed by atoms with Gasteiger partial charge in [-0.3, -0.25) is 9.58 Å². The molecule has 1 saturated heterocycles. The van der Waals surface area contributed by atoms with Crippen LogP contribution in [0.15, 0.2) is 41.2 Å². The average Bonchev–Trinajstić information content (AvgIpc) is 3.43. The molecular formula is C19H21N7S. The van der Waals surface area contributed by atoms with E-state index in [-0.39, 0.29) is 0 Å². The van der Waals surface area contributed by atoms with Gasteiger partial charge in [-0.2, -0.15) is 26.0 Å². The van der Waals surface area contributed by atoms with Gasteiger partial charge in [0.25, 0.3) is 0 Å². The van der Waals surface area contributed by atoms with E-state index >= 15 is 0 Å². The van der Waals surface area contributed by atoms with Crippen LogP contribution >= 0.6 is 11.3 Å². The minimum atomic E-state index is 0.396. The van der Waals surface area contributed by atoms with Gasteiger partial charge in [0.1, 0.15) is 5.69 Å². The van der Waals surface area contributed by atoms with Gasteiger partial charge in [-0.05, 0) is 66.5 Å². The zero-order chi connectivity index (χ0) is 18.2. The molecule has 0 saturated carbocycles. The van der Waals surface area contributed by atoms with Gasteiger partial charge >= 0.3 is 0 Å². The van der Waals surface area contributed by atoms with Crippen molar-refractivity contribution in [1.29, 1.82) is 0 Å². The van der Waals surface area contributed by atoms with Crippen LogP contribution in [-0.2, 0) is 13.6 Å². The lowest BCUT2D eigenvalue weighted by Crippen LogP contribution is -2.33. The topological polar surface area (TPSA) is 64.1 Å². The minimum absolute atomic E-state index is 0.396. The van der Waals surface area contributed by atoms with Crippen molar-refractivity contribution in [2.24, 2.45) is 7.05 Å². The Hall–Kier alpha value is -2.58. The lowest BCUT2D eigenvalue weighted by molar-refractivity contribution is 0.201. The molecule has 4 aromatic heterocycles. The molecule has 0 bridgehead atoms. The van der Waals surface area contributed by atoms with Crippen molar-refractivity contribution in [3.05, 3.63) is 52.6 Å². The summed E-state index contributed by atoms with van der Waals surface area (Å²) in [4.78, 5) is 2.52. The lowest BCUT2D eigenvalue weighted by Gasteiger charge is -2.30. The van der Waals surface area contributed by atoms with Gasteiger partial charge in [0, 0.05) is 25.7 Å². The van der Waals surface area contributed by atoms with Gasteiger partial charge < -0.3 is 0 Å². The third kappa shape index (κ3) is 3.15. The Labute approximate surface area is 161 Å². The van der Waals surface area contributed by atoms with Crippen LogP contribution in [0.3, 0.4) is 0 Å². The molecule has 0 atom stereocenters.